The first-order valence-electron chi connectivity index (χ1n) is 3.50. The quantitative estimate of drug-likeness (QED) is 0.491. The molecule has 0 fully saturated rings. The Balaban J connectivity index is 3.75. The van der Waals surface area contributed by atoms with E-state index in [1.807, 2.05) is 0 Å². The van der Waals surface area contributed by atoms with Crippen molar-refractivity contribution in [2.24, 2.45) is 5.41 Å². The summed E-state index contributed by atoms with van der Waals surface area (Å²) in [5.74, 6) is 0. The molecule has 0 rings (SSSR count). The molecule has 0 aromatic carbocycles. The van der Waals surface area contributed by atoms with Crippen molar-refractivity contribution < 1.29 is 0 Å². The third-order valence-corrected chi connectivity index (χ3v) is 1.19. The molecule has 0 saturated heterocycles. The van der Waals surface area contributed by atoms with Gasteiger partial charge in [-0.1, -0.05) is 41.0 Å². The average molecular weight is 140 g/mol. The topological polar surface area (TPSA) is 0 Å². The van der Waals surface area contributed by atoms with Crippen molar-refractivity contribution in [1.82, 2.24) is 0 Å². The predicted octanol–water partition coefficient (Wildman–Crippen LogP) is 2.79. The van der Waals surface area contributed by atoms with Gasteiger partial charge in [-0.05, 0) is 5.41 Å². The Labute approximate surface area is 67.5 Å². The maximum atomic E-state index is 2.88. The summed E-state index contributed by atoms with van der Waals surface area (Å²) in [6, 6.07) is 0. The lowest BCUT2D eigenvalue weighted by Gasteiger charge is -2.29. The van der Waals surface area contributed by atoms with Crippen LogP contribution >= 0.6 is 0 Å². The molecule has 0 saturated carbocycles. The van der Waals surface area contributed by atoms with Gasteiger partial charge in [-0.25, -0.2) is 0 Å². The van der Waals surface area contributed by atoms with Crippen LogP contribution in [0.1, 0.15) is 41.0 Å². The van der Waals surface area contributed by atoms with Crippen molar-refractivity contribution >= 4 is 16.3 Å². The van der Waals surface area contributed by atoms with Crippen LogP contribution in [0.15, 0.2) is 0 Å². The molecule has 0 aromatic rings. The van der Waals surface area contributed by atoms with E-state index in [1.165, 1.54) is 6.42 Å². The lowest BCUT2D eigenvalue weighted by Crippen LogP contribution is -2.14. The standard InChI is InChI=1S/C8H17.Al/c1-7(2)6-8(3,4)5;/h6H2,1-5H3;. The van der Waals surface area contributed by atoms with E-state index in [-0.39, 0.29) is 0 Å². The van der Waals surface area contributed by atoms with E-state index in [0.29, 0.717) is 9.69 Å². The van der Waals surface area contributed by atoms with Gasteiger partial charge in [-0.15, -0.1) is 4.28 Å². The SMILES string of the molecule is CC(C)(C)C[C](C)(C)[Al]. The molecule has 2 radical (unpaired) electrons. The van der Waals surface area contributed by atoms with Crippen LogP contribution in [0.5, 0.6) is 0 Å². The fraction of sp³-hybridized carbons (Fsp3) is 1.00. The first kappa shape index (κ1) is 9.53. The average Bonchev–Trinajstić information content (AvgIpc) is 1.14. The van der Waals surface area contributed by atoms with Gasteiger partial charge in [-0.3, -0.25) is 0 Å². The molecule has 0 nitrogen and oxygen atoms in total. The molecule has 0 heterocycles. The maximum Gasteiger partial charge on any atom is 0.128 e. The first-order chi connectivity index (χ1) is 3.71. The van der Waals surface area contributed by atoms with E-state index < -0.39 is 0 Å². The van der Waals surface area contributed by atoms with Crippen LogP contribution in [0.25, 0.3) is 0 Å². The molecular weight excluding hydrogens is 123 g/mol. The van der Waals surface area contributed by atoms with Gasteiger partial charge < -0.3 is 0 Å². The normalized spacial score (nSPS) is 13.9. The van der Waals surface area contributed by atoms with Crippen LogP contribution in [-0.2, 0) is 0 Å². The number of rotatable bonds is 1. The molecule has 0 aromatic heterocycles. The molecule has 0 unspecified atom stereocenters. The van der Waals surface area contributed by atoms with Crippen LogP contribution in [0, 0.1) is 5.41 Å². The van der Waals surface area contributed by atoms with Gasteiger partial charge in [0.1, 0.15) is 16.3 Å². The highest BCUT2D eigenvalue weighted by Gasteiger charge is 2.18. The zero-order valence-electron chi connectivity index (χ0n) is 7.28. The zero-order valence-corrected chi connectivity index (χ0v) is 8.44. The van der Waals surface area contributed by atoms with Gasteiger partial charge in [0, 0.05) is 0 Å². The molecule has 0 amide bonds. The second kappa shape index (κ2) is 2.64. The molecule has 1 heteroatoms. The van der Waals surface area contributed by atoms with Crippen molar-refractivity contribution in [3.63, 3.8) is 0 Å². The van der Waals surface area contributed by atoms with Gasteiger partial charge in [0.15, 0.2) is 0 Å². The molecular formula is C8H17Al. The lowest BCUT2D eigenvalue weighted by molar-refractivity contribution is 0.331. The summed E-state index contributed by atoms with van der Waals surface area (Å²) in [7, 11) is 0. The van der Waals surface area contributed by atoms with Crippen LogP contribution in [0.2, 0.25) is 4.28 Å². The third kappa shape index (κ3) is 8.53. The fourth-order valence-electron chi connectivity index (χ4n) is 1.37. The molecule has 0 aliphatic rings. The second-order valence-corrected chi connectivity index (χ2v) is 6.29. The van der Waals surface area contributed by atoms with Gasteiger partial charge in [0.25, 0.3) is 0 Å². The summed E-state index contributed by atoms with van der Waals surface area (Å²) in [4.78, 5) is 0. The molecule has 0 bridgehead atoms. The largest absolute Gasteiger partial charge is 0.128 e. The summed E-state index contributed by atoms with van der Waals surface area (Å²) in [5, 5.41) is 0. The Morgan fingerprint density at radius 2 is 1.33 bits per heavy atom. The third-order valence-electron chi connectivity index (χ3n) is 0.986. The van der Waals surface area contributed by atoms with Gasteiger partial charge in [0.2, 0.25) is 0 Å². The lowest BCUT2D eigenvalue weighted by atomic mass is 9.86. The number of hydrogen-bond donors (Lipinski definition) is 0. The molecule has 0 N–H and O–H groups in total. The van der Waals surface area contributed by atoms with Crippen molar-refractivity contribution in [2.75, 3.05) is 0 Å². The Kier molecular flexibility index (Phi) is 2.80. The van der Waals surface area contributed by atoms with Crippen molar-refractivity contribution in [2.45, 2.75) is 45.3 Å². The molecule has 0 aliphatic carbocycles. The van der Waals surface area contributed by atoms with Gasteiger partial charge >= 0.3 is 0 Å². The fourth-order valence-corrected chi connectivity index (χ4v) is 1.98. The smallest absolute Gasteiger partial charge is 0.102 e. The first-order valence-corrected chi connectivity index (χ1v) is 4.07. The summed E-state index contributed by atoms with van der Waals surface area (Å²) < 4.78 is 0.401. The summed E-state index contributed by atoms with van der Waals surface area (Å²) in [6.07, 6.45) is 1.25. The molecule has 52 valence electrons. The monoisotopic (exact) mass is 140 g/mol. The summed E-state index contributed by atoms with van der Waals surface area (Å²) in [6.45, 7) is 11.3. The summed E-state index contributed by atoms with van der Waals surface area (Å²) in [5.41, 5.74) is 0.464. The minimum atomic E-state index is 0.401. The van der Waals surface area contributed by atoms with E-state index in [1.54, 1.807) is 0 Å². The Bertz CT molecular complexity index is 69.7. The molecule has 9 heavy (non-hydrogen) atoms. The molecule has 0 atom stereocenters. The summed E-state index contributed by atoms with van der Waals surface area (Å²) >= 11 is 2.88. The minimum Gasteiger partial charge on any atom is -0.102 e. The molecule has 0 spiro atoms. The molecule has 0 aliphatic heterocycles. The van der Waals surface area contributed by atoms with Crippen LogP contribution < -0.4 is 0 Å². The highest BCUT2D eigenvalue weighted by Crippen LogP contribution is 2.35. The van der Waals surface area contributed by atoms with Crippen molar-refractivity contribution in [1.29, 1.82) is 0 Å². The van der Waals surface area contributed by atoms with E-state index >= 15 is 0 Å². The minimum absolute atomic E-state index is 0.401. The maximum absolute atomic E-state index is 2.88. The van der Waals surface area contributed by atoms with E-state index in [2.05, 4.69) is 50.9 Å². The number of hydrogen-bond acceptors (Lipinski definition) is 0. The van der Waals surface area contributed by atoms with E-state index in [9.17, 15) is 0 Å². The van der Waals surface area contributed by atoms with Crippen LogP contribution in [-0.4, -0.2) is 16.3 Å². The van der Waals surface area contributed by atoms with Crippen LogP contribution in [0.4, 0.5) is 0 Å². The van der Waals surface area contributed by atoms with Gasteiger partial charge in [0.05, 0.1) is 0 Å². The van der Waals surface area contributed by atoms with E-state index in [0.717, 1.165) is 0 Å². The Morgan fingerprint density at radius 3 is 1.33 bits per heavy atom. The Hall–Kier alpha value is 0.532. The highest BCUT2D eigenvalue weighted by atomic mass is 27.0. The Morgan fingerprint density at radius 1 is 1.00 bits per heavy atom. The van der Waals surface area contributed by atoms with E-state index in [4.69, 9.17) is 0 Å². The highest BCUT2D eigenvalue weighted by molar-refractivity contribution is 6.14. The predicted molar refractivity (Wildman–Crippen MR) is 43.9 cm³/mol. The van der Waals surface area contributed by atoms with Crippen LogP contribution in [0.3, 0.4) is 0 Å². The van der Waals surface area contributed by atoms with Gasteiger partial charge in [-0.2, -0.15) is 0 Å². The zero-order chi connectivity index (χ0) is 7.71. The van der Waals surface area contributed by atoms with Crippen molar-refractivity contribution in [3.05, 3.63) is 0 Å². The van der Waals surface area contributed by atoms with Crippen molar-refractivity contribution in [3.8, 4) is 0 Å². The second-order valence-electron chi connectivity index (χ2n) is 4.73.